The highest BCUT2D eigenvalue weighted by Crippen LogP contribution is 2.25. The van der Waals surface area contributed by atoms with Crippen LogP contribution in [0.3, 0.4) is 0 Å². The maximum absolute atomic E-state index is 2.28. The standard InChI is InChI=1S/C10H10.2C2H6/c1-8-6-7-9-4-2-3-5-10(8)9;2*1-2/h2-6H,7H2,1H3;2*1-2H3. The van der Waals surface area contributed by atoms with Crippen LogP contribution >= 0.6 is 0 Å². The molecule has 0 saturated carbocycles. The molecule has 0 heteroatoms. The lowest BCUT2D eigenvalue weighted by atomic mass is 10.1. The van der Waals surface area contributed by atoms with Gasteiger partial charge in [0.1, 0.15) is 0 Å². The molecule has 1 aliphatic carbocycles. The summed E-state index contributed by atoms with van der Waals surface area (Å²) in [7, 11) is 0. The van der Waals surface area contributed by atoms with Crippen molar-refractivity contribution in [3.8, 4) is 0 Å². The Bertz CT molecular complexity index is 282. The van der Waals surface area contributed by atoms with Crippen molar-refractivity contribution in [1.29, 1.82) is 0 Å². The summed E-state index contributed by atoms with van der Waals surface area (Å²) in [6.45, 7) is 10.2. The second-order valence-corrected chi connectivity index (χ2v) is 2.75. The van der Waals surface area contributed by atoms with Crippen molar-refractivity contribution in [2.75, 3.05) is 0 Å². The molecule has 0 aliphatic heterocycles. The van der Waals surface area contributed by atoms with Gasteiger partial charge < -0.3 is 0 Å². The fourth-order valence-electron chi connectivity index (χ4n) is 1.46. The van der Waals surface area contributed by atoms with Crippen molar-refractivity contribution < 1.29 is 0 Å². The number of allylic oxidation sites excluding steroid dienone is 2. The van der Waals surface area contributed by atoms with Crippen LogP contribution in [-0.4, -0.2) is 0 Å². The average Bonchev–Trinajstić information content (AvgIpc) is 2.67. The molecule has 0 amide bonds. The van der Waals surface area contributed by atoms with Crippen molar-refractivity contribution in [3.63, 3.8) is 0 Å². The van der Waals surface area contributed by atoms with Crippen LogP contribution in [0.1, 0.15) is 45.7 Å². The van der Waals surface area contributed by atoms with E-state index in [1.807, 2.05) is 27.7 Å². The van der Waals surface area contributed by atoms with Gasteiger partial charge in [-0.1, -0.05) is 58.0 Å². The minimum absolute atomic E-state index is 1.13. The lowest BCUT2D eigenvalue weighted by Crippen LogP contribution is -1.79. The molecule has 0 saturated heterocycles. The van der Waals surface area contributed by atoms with E-state index < -0.39 is 0 Å². The Balaban J connectivity index is 0.000000379. The van der Waals surface area contributed by atoms with E-state index >= 15 is 0 Å². The molecule has 0 unspecified atom stereocenters. The molecule has 0 aromatic heterocycles. The highest BCUT2D eigenvalue weighted by atomic mass is 14.1. The van der Waals surface area contributed by atoms with Crippen LogP contribution in [0.4, 0.5) is 0 Å². The van der Waals surface area contributed by atoms with Crippen LogP contribution in [-0.2, 0) is 6.42 Å². The molecule has 2 rings (SSSR count). The summed E-state index contributed by atoms with van der Waals surface area (Å²) in [5, 5.41) is 0. The van der Waals surface area contributed by atoms with Crippen molar-refractivity contribution in [2.45, 2.75) is 41.0 Å². The zero-order valence-corrected chi connectivity index (χ0v) is 10.1. The molecule has 78 valence electrons. The summed E-state index contributed by atoms with van der Waals surface area (Å²) in [6.07, 6.45) is 3.41. The van der Waals surface area contributed by atoms with E-state index in [2.05, 4.69) is 37.3 Å². The first-order valence-electron chi connectivity index (χ1n) is 5.63. The number of benzene rings is 1. The largest absolute Gasteiger partial charge is 0.0766 e. The number of rotatable bonds is 0. The van der Waals surface area contributed by atoms with Gasteiger partial charge in [0.15, 0.2) is 0 Å². The van der Waals surface area contributed by atoms with Crippen LogP contribution < -0.4 is 0 Å². The predicted molar refractivity (Wildman–Crippen MR) is 66.5 cm³/mol. The van der Waals surface area contributed by atoms with Gasteiger partial charge in [-0.05, 0) is 30.0 Å². The second-order valence-electron chi connectivity index (χ2n) is 2.75. The molecule has 0 nitrogen and oxygen atoms in total. The Hall–Kier alpha value is -1.04. The maximum atomic E-state index is 2.28. The van der Waals surface area contributed by atoms with Crippen LogP contribution in [0, 0.1) is 0 Å². The van der Waals surface area contributed by atoms with E-state index in [0.717, 1.165) is 6.42 Å². The Morgan fingerprint density at radius 1 is 0.929 bits per heavy atom. The molecule has 0 heterocycles. The van der Waals surface area contributed by atoms with Gasteiger partial charge in [0.2, 0.25) is 0 Å². The molecule has 14 heavy (non-hydrogen) atoms. The lowest BCUT2D eigenvalue weighted by molar-refractivity contribution is 1.31. The number of hydrogen-bond acceptors (Lipinski definition) is 0. The van der Waals surface area contributed by atoms with Crippen molar-refractivity contribution in [2.24, 2.45) is 0 Å². The SMILES string of the molecule is CC.CC.CC1=CCc2ccccc21. The van der Waals surface area contributed by atoms with E-state index in [1.165, 1.54) is 16.7 Å². The average molecular weight is 190 g/mol. The molecule has 0 bridgehead atoms. The van der Waals surface area contributed by atoms with Crippen molar-refractivity contribution in [3.05, 3.63) is 41.5 Å². The summed E-state index contributed by atoms with van der Waals surface area (Å²) in [5.74, 6) is 0. The van der Waals surface area contributed by atoms with Crippen LogP contribution in [0.25, 0.3) is 5.57 Å². The first-order valence-corrected chi connectivity index (χ1v) is 5.63. The topological polar surface area (TPSA) is 0 Å². The Morgan fingerprint density at radius 2 is 1.50 bits per heavy atom. The van der Waals surface area contributed by atoms with E-state index in [4.69, 9.17) is 0 Å². The quantitative estimate of drug-likeness (QED) is 0.556. The second kappa shape index (κ2) is 7.37. The Morgan fingerprint density at radius 3 is 2.07 bits per heavy atom. The third-order valence-corrected chi connectivity index (χ3v) is 2.07. The molecular formula is C14H22. The van der Waals surface area contributed by atoms with Crippen LogP contribution in [0.5, 0.6) is 0 Å². The molecule has 0 spiro atoms. The first-order chi connectivity index (χ1) is 6.88. The van der Waals surface area contributed by atoms with Gasteiger partial charge in [0.25, 0.3) is 0 Å². The molecule has 1 aromatic rings. The van der Waals surface area contributed by atoms with Gasteiger partial charge in [-0.3, -0.25) is 0 Å². The van der Waals surface area contributed by atoms with Gasteiger partial charge in [0.05, 0.1) is 0 Å². The molecular weight excluding hydrogens is 168 g/mol. The predicted octanol–water partition coefficient (Wildman–Crippen LogP) is 4.70. The summed E-state index contributed by atoms with van der Waals surface area (Å²) < 4.78 is 0. The lowest BCUT2D eigenvalue weighted by Gasteiger charge is -1.97. The number of hydrogen-bond donors (Lipinski definition) is 0. The maximum Gasteiger partial charge on any atom is -0.00855 e. The van der Waals surface area contributed by atoms with Crippen LogP contribution in [0.15, 0.2) is 30.3 Å². The molecule has 0 N–H and O–H groups in total. The normalized spacial score (nSPS) is 11.4. The molecule has 0 radical (unpaired) electrons. The van der Waals surface area contributed by atoms with E-state index in [9.17, 15) is 0 Å². The van der Waals surface area contributed by atoms with E-state index in [0.29, 0.717) is 0 Å². The Labute approximate surface area is 88.7 Å². The summed E-state index contributed by atoms with van der Waals surface area (Å²) in [4.78, 5) is 0. The zero-order chi connectivity index (χ0) is 11.0. The van der Waals surface area contributed by atoms with E-state index in [-0.39, 0.29) is 0 Å². The first kappa shape index (κ1) is 13.0. The number of fused-ring (bicyclic) bond motifs is 1. The third kappa shape index (κ3) is 3.02. The van der Waals surface area contributed by atoms with Crippen molar-refractivity contribution in [1.82, 2.24) is 0 Å². The van der Waals surface area contributed by atoms with Gasteiger partial charge >= 0.3 is 0 Å². The fraction of sp³-hybridized carbons (Fsp3) is 0.429. The van der Waals surface area contributed by atoms with Gasteiger partial charge in [-0.2, -0.15) is 0 Å². The summed E-state index contributed by atoms with van der Waals surface area (Å²) >= 11 is 0. The molecule has 1 aromatic carbocycles. The monoisotopic (exact) mass is 190 g/mol. The molecule has 0 atom stereocenters. The Kier molecular flexibility index (Phi) is 6.82. The van der Waals surface area contributed by atoms with Crippen molar-refractivity contribution >= 4 is 5.57 Å². The zero-order valence-electron chi connectivity index (χ0n) is 10.1. The third-order valence-electron chi connectivity index (χ3n) is 2.07. The summed E-state index contributed by atoms with van der Waals surface area (Å²) in [6, 6.07) is 8.59. The van der Waals surface area contributed by atoms with Gasteiger partial charge in [0, 0.05) is 0 Å². The van der Waals surface area contributed by atoms with Crippen LogP contribution in [0.2, 0.25) is 0 Å². The summed E-state index contributed by atoms with van der Waals surface area (Å²) in [5.41, 5.74) is 4.33. The highest BCUT2D eigenvalue weighted by molar-refractivity contribution is 5.71. The minimum atomic E-state index is 1.13. The highest BCUT2D eigenvalue weighted by Gasteiger charge is 2.07. The smallest absolute Gasteiger partial charge is 0.00855 e. The van der Waals surface area contributed by atoms with Gasteiger partial charge in [-0.15, -0.1) is 0 Å². The minimum Gasteiger partial charge on any atom is -0.0766 e. The molecule has 1 aliphatic rings. The van der Waals surface area contributed by atoms with Gasteiger partial charge in [-0.25, -0.2) is 0 Å². The fourth-order valence-corrected chi connectivity index (χ4v) is 1.46. The van der Waals surface area contributed by atoms with E-state index in [1.54, 1.807) is 0 Å². The molecule has 0 fully saturated rings.